The molecule has 1 saturated carbocycles. The van der Waals surface area contributed by atoms with E-state index in [9.17, 15) is 0 Å². The van der Waals surface area contributed by atoms with Crippen LogP contribution in [0.1, 0.15) is 32.1 Å². The maximum atomic E-state index is 6.02. The Kier molecular flexibility index (Phi) is 4.54. The van der Waals surface area contributed by atoms with Gasteiger partial charge in [-0.1, -0.05) is 0 Å². The Morgan fingerprint density at radius 3 is 2.87 bits per heavy atom. The van der Waals surface area contributed by atoms with Gasteiger partial charge in [0.15, 0.2) is 0 Å². The molecule has 1 aliphatic carbocycles. The van der Waals surface area contributed by atoms with Gasteiger partial charge in [0, 0.05) is 25.3 Å². The van der Waals surface area contributed by atoms with Gasteiger partial charge in [-0.05, 0) is 68.7 Å². The Morgan fingerprint density at radius 2 is 2.13 bits per heavy atom. The number of nitrogens with zero attached hydrogens (tertiary/aromatic N) is 2. The predicted molar refractivity (Wildman–Crippen MR) is 89.5 cm³/mol. The lowest BCUT2D eigenvalue weighted by Gasteiger charge is -2.49. The van der Waals surface area contributed by atoms with Crippen molar-refractivity contribution < 1.29 is 9.47 Å². The third-order valence-electron chi connectivity index (χ3n) is 6.08. The van der Waals surface area contributed by atoms with Crippen LogP contribution in [0.25, 0.3) is 0 Å². The van der Waals surface area contributed by atoms with Crippen LogP contribution < -0.4 is 4.74 Å². The first-order valence-corrected chi connectivity index (χ1v) is 9.17. The van der Waals surface area contributed by atoms with E-state index in [1.165, 1.54) is 51.7 Å². The molecule has 1 atom stereocenters. The molecular weight excluding hydrogens is 288 g/mol. The van der Waals surface area contributed by atoms with Gasteiger partial charge in [0.2, 0.25) is 0 Å². The molecule has 23 heavy (non-hydrogen) atoms. The number of hydrogen-bond acceptors (Lipinski definition) is 4. The van der Waals surface area contributed by atoms with Crippen molar-refractivity contribution >= 4 is 0 Å². The van der Waals surface area contributed by atoms with Crippen molar-refractivity contribution in [2.75, 3.05) is 39.5 Å². The van der Waals surface area contributed by atoms with E-state index in [2.05, 4.69) is 9.88 Å². The van der Waals surface area contributed by atoms with Crippen LogP contribution in [0.2, 0.25) is 0 Å². The minimum Gasteiger partial charge on any atom is -0.492 e. The lowest BCUT2D eigenvalue weighted by Crippen LogP contribution is -2.50. The molecule has 1 spiro atoms. The highest BCUT2D eigenvalue weighted by atomic mass is 16.5. The molecule has 0 bridgehead atoms. The number of likely N-dealkylation sites (tertiary alicyclic amines) is 1. The van der Waals surface area contributed by atoms with E-state index in [0.717, 1.165) is 31.5 Å². The van der Waals surface area contributed by atoms with Crippen LogP contribution in [0.3, 0.4) is 0 Å². The van der Waals surface area contributed by atoms with Crippen molar-refractivity contribution in [2.45, 2.75) is 32.1 Å². The second kappa shape index (κ2) is 6.78. The average molecular weight is 316 g/mol. The van der Waals surface area contributed by atoms with Crippen LogP contribution >= 0.6 is 0 Å². The number of hydrogen-bond donors (Lipinski definition) is 0. The minimum absolute atomic E-state index is 0.431. The van der Waals surface area contributed by atoms with Crippen LogP contribution in [0.5, 0.6) is 5.75 Å². The molecule has 2 aliphatic heterocycles. The SMILES string of the molecule is c1cncc(OCC2COCCC23CCN(CC2CC2)CC3)c1. The minimum atomic E-state index is 0.431. The molecule has 0 radical (unpaired) electrons. The fourth-order valence-electron chi connectivity index (χ4n) is 4.24. The highest BCUT2D eigenvalue weighted by Gasteiger charge is 2.44. The normalized spacial score (nSPS) is 27.9. The van der Waals surface area contributed by atoms with Crippen molar-refractivity contribution in [1.29, 1.82) is 0 Å². The molecule has 1 unspecified atom stereocenters. The van der Waals surface area contributed by atoms with Crippen LogP contribution in [0.4, 0.5) is 0 Å². The zero-order chi connectivity index (χ0) is 15.5. The van der Waals surface area contributed by atoms with Gasteiger partial charge in [0.25, 0.3) is 0 Å². The van der Waals surface area contributed by atoms with Crippen LogP contribution in [0.15, 0.2) is 24.5 Å². The van der Waals surface area contributed by atoms with Gasteiger partial charge in [0.05, 0.1) is 19.4 Å². The standard InChI is InChI=1S/C19H28N2O2/c1-2-18(12-20-8-1)23-15-17-14-22-11-7-19(17)5-9-21(10-6-19)13-16-3-4-16/h1-2,8,12,16-17H,3-7,9-11,13-15H2. The second-order valence-corrected chi connectivity index (χ2v) is 7.63. The summed E-state index contributed by atoms with van der Waals surface area (Å²) in [4.78, 5) is 6.82. The van der Waals surface area contributed by atoms with Crippen molar-refractivity contribution in [1.82, 2.24) is 9.88 Å². The monoisotopic (exact) mass is 316 g/mol. The van der Waals surface area contributed by atoms with E-state index < -0.39 is 0 Å². The molecule has 0 amide bonds. The Balaban J connectivity index is 1.35. The molecule has 4 nitrogen and oxygen atoms in total. The molecule has 3 heterocycles. The van der Waals surface area contributed by atoms with Gasteiger partial charge in [-0.3, -0.25) is 4.98 Å². The quantitative estimate of drug-likeness (QED) is 0.836. The molecule has 2 saturated heterocycles. The van der Waals surface area contributed by atoms with E-state index >= 15 is 0 Å². The van der Waals surface area contributed by atoms with E-state index in [1.54, 1.807) is 12.4 Å². The van der Waals surface area contributed by atoms with Crippen LogP contribution in [-0.4, -0.2) is 49.3 Å². The third-order valence-corrected chi connectivity index (χ3v) is 6.08. The van der Waals surface area contributed by atoms with Gasteiger partial charge >= 0.3 is 0 Å². The number of ether oxygens (including phenoxy) is 2. The Hall–Kier alpha value is -1.13. The maximum absolute atomic E-state index is 6.02. The molecule has 0 aromatic carbocycles. The third kappa shape index (κ3) is 3.69. The smallest absolute Gasteiger partial charge is 0.137 e. The van der Waals surface area contributed by atoms with Gasteiger partial charge in [-0.15, -0.1) is 0 Å². The molecule has 3 aliphatic rings. The fraction of sp³-hybridized carbons (Fsp3) is 0.737. The molecule has 4 rings (SSSR count). The van der Waals surface area contributed by atoms with E-state index in [1.807, 2.05) is 12.1 Å². The van der Waals surface area contributed by atoms with Crippen molar-refractivity contribution in [2.24, 2.45) is 17.3 Å². The summed E-state index contributed by atoms with van der Waals surface area (Å²) >= 11 is 0. The summed E-state index contributed by atoms with van der Waals surface area (Å²) in [5.41, 5.74) is 0.431. The first-order valence-electron chi connectivity index (χ1n) is 9.17. The average Bonchev–Trinajstić information content (AvgIpc) is 3.41. The fourth-order valence-corrected chi connectivity index (χ4v) is 4.24. The molecule has 3 fully saturated rings. The second-order valence-electron chi connectivity index (χ2n) is 7.63. The van der Waals surface area contributed by atoms with E-state index in [-0.39, 0.29) is 0 Å². The van der Waals surface area contributed by atoms with Crippen LogP contribution in [-0.2, 0) is 4.74 Å². The van der Waals surface area contributed by atoms with Gasteiger partial charge in [-0.2, -0.15) is 0 Å². The number of piperidine rings is 1. The molecule has 1 aromatic rings. The number of pyridine rings is 1. The predicted octanol–water partition coefficient (Wildman–Crippen LogP) is 2.99. The molecule has 4 heteroatoms. The zero-order valence-corrected chi connectivity index (χ0v) is 14.0. The first-order chi connectivity index (χ1) is 11.3. The summed E-state index contributed by atoms with van der Waals surface area (Å²) in [7, 11) is 0. The Bertz CT molecular complexity index is 495. The van der Waals surface area contributed by atoms with Crippen molar-refractivity contribution in [3.63, 3.8) is 0 Å². The summed E-state index contributed by atoms with van der Waals surface area (Å²) in [6, 6.07) is 3.92. The molecule has 126 valence electrons. The summed E-state index contributed by atoms with van der Waals surface area (Å²) in [6.45, 7) is 6.40. The number of rotatable bonds is 5. The van der Waals surface area contributed by atoms with Gasteiger partial charge < -0.3 is 14.4 Å². The van der Waals surface area contributed by atoms with E-state index in [4.69, 9.17) is 9.47 Å². The maximum Gasteiger partial charge on any atom is 0.137 e. The highest BCUT2D eigenvalue weighted by molar-refractivity contribution is 5.15. The summed E-state index contributed by atoms with van der Waals surface area (Å²) < 4.78 is 11.8. The van der Waals surface area contributed by atoms with Gasteiger partial charge in [-0.25, -0.2) is 0 Å². The topological polar surface area (TPSA) is 34.6 Å². The van der Waals surface area contributed by atoms with Crippen molar-refractivity contribution in [3.05, 3.63) is 24.5 Å². The number of aromatic nitrogens is 1. The van der Waals surface area contributed by atoms with Crippen LogP contribution in [0, 0.1) is 17.3 Å². The first kappa shape index (κ1) is 15.4. The zero-order valence-electron chi connectivity index (χ0n) is 14.0. The Morgan fingerprint density at radius 1 is 1.26 bits per heavy atom. The Labute approximate surface area is 139 Å². The van der Waals surface area contributed by atoms with Crippen molar-refractivity contribution in [3.8, 4) is 5.75 Å². The van der Waals surface area contributed by atoms with Gasteiger partial charge in [0.1, 0.15) is 5.75 Å². The molecular formula is C19H28N2O2. The summed E-state index contributed by atoms with van der Waals surface area (Å²) in [5.74, 6) is 2.39. The molecule has 1 aromatic heterocycles. The summed E-state index contributed by atoms with van der Waals surface area (Å²) in [5, 5.41) is 0. The largest absolute Gasteiger partial charge is 0.492 e. The molecule has 0 N–H and O–H groups in total. The lowest BCUT2D eigenvalue weighted by atomic mass is 9.66. The van der Waals surface area contributed by atoms with E-state index in [0.29, 0.717) is 11.3 Å². The lowest BCUT2D eigenvalue weighted by molar-refractivity contribution is -0.0858. The highest BCUT2D eigenvalue weighted by Crippen LogP contribution is 2.45. The summed E-state index contributed by atoms with van der Waals surface area (Å²) in [6.07, 6.45) is 10.3.